The Balaban J connectivity index is 0. The second-order valence-electron chi connectivity index (χ2n) is 5.88. The molecule has 0 aromatic carbocycles. The van der Waals surface area contributed by atoms with Gasteiger partial charge in [-0.15, -0.1) is 0 Å². The summed E-state index contributed by atoms with van der Waals surface area (Å²) in [5.41, 5.74) is 5.63. The molecule has 0 saturated heterocycles. The number of carbonyl (C=O) groups is 2. The summed E-state index contributed by atoms with van der Waals surface area (Å²) in [5, 5.41) is 7.12. The van der Waals surface area contributed by atoms with Gasteiger partial charge in [0.25, 0.3) is 0 Å². The molecule has 1 unspecified atom stereocenters. The van der Waals surface area contributed by atoms with Crippen LogP contribution >= 0.6 is 0 Å². The Morgan fingerprint density at radius 1 is 1.12 bits per heavy atom. The Kier molecular flexibility index (Phi) is 13.5. The standard InChI is InChI=1S/C13H27NO3.C2HF3O2/c1-10(2)7-12(9-14)8-13(15)17-6-5-16-11(3)4;3-2(4,5)1(6)7/h10-12H,5-9,14H2,1-4H3;(H,6,7). The molecule has 6 nitrogen and oxygen atoms in total. The van der Waals surface area contributed by atoms with Crippen molar-refractivity contribution in [3.8, 4) is 0 Å². The number of halogens is 3. The van der Waals surface area contributed by atoms with E-state index in [0.717, 1.165) is 6.42 Å². The molecule has 0 fully saturated rings. The quantitative estimate of drug-likeness (QED) is 0.485. The second kappa shape index (κ2) is 13.0. The number of rotatable bonds is 9. The highest BCUT2D eigenvalue weighted by Gasteiger charge is 2.38. The molecule has 0 heterocycles. The zero-order valence-electron chi connectivity index (χ0n) is 14.6. The van der Waals surface area contributed by atoms with E-state index in [0.29, 0.717) is 32.1 Å². The average molecular weight is 359 g/mol. The van der Waals surface area contributed by atoms with E-state index in [1.807, 2.05) is 13.8 Å². The van der Waals surface area contributed by atoms with Crippen molar-refractivity contribution in [3.63, 3.8) is 0 Å². The average Bonchev–Trinajstić information content (AvgIpc) is 2.41. The van der Waals surface area contributed by atoms with E-state index >= 15 is 0 Å². The molecule has 0 amide bonds. The van der Waals surface area contributed by atoms with Gasteiger partial charge in [-0.3, -0.25) is 4.79 Å². The van der Waals surface area contributed by atoms with E-state index in [1.54, 1.807) is 0 Å². The van der Waals surface area contributed by atoms with Crippen LogP contribution in [0, 0.1) is 11.8 Å². The van der Waals surface area contributed by atoms with E-state index < -0.39 is 12.1 Å². The van der Waals surface area contributed by atoms with E-state index in [-0.39, 0.29) is 18.0 Å². The summed E-state index contributed by atoms with van der Waals surface area (Å²) >= 11 is 0. The Morgan fingerprint density at radius 2 is 1.62 bits per heavy atom. The van der Waals surface area contributed by atoms with Crippen LogP contribution in [0.4, 0.5) is 13.2 Å². The number of hydrogen-bond donors (Lipinski definition) is 2. The molecule has 144 valence electrons. The molecule has 24 heavy (non-hydrogen) atoms. The van der Waals surface area contributed by atoms with E-state index in [2.05, 4.69) is 13.8 Å². The summed E-state index contributed by atoms with van der Waals surface area (Å²) in [6, 6.07) is 0. The molecular weight excluding hydrogens is 331 g/mol. The monoisotopic (exact) mass is 359 g/mol. The van der Waals surface area contributed by atoms with Crippen molar-refractivity contribution in [3.05, 3.63) is 0 Å². The predicted molar refractivity (Wildman–Crippen MR) is 82.4 cm³/mol. The number of carbonyl (C=O) groups excluding carboxylic acids is 1. The smallest absolute Gasteiger partial charge is 0.475 e. The predicted octanol–water partition coefficient (Wildman–Crippen LogP) is 2.60. The maximum Gasteiger partial charge on any atom is 0.490 e. The lowest BCUT2D eigenvalue weighted by Gasteiger charge is -2.16. The maximum absolute atomic E-state index is 11.5. The van der Waals surface area contributed by atoms with Crippen LogP contribution in [-0.4, -0.2) is 49.1 Å². The number of carboxylic acids is 1. The molecule has 0 aromatic rings. The highest BCUT2D eigenvalue weighted by atomic mass is 19.4. The van der Waals surface area contributed by atoms with Gasteiger partial charge in [0.1, 0.15) is 6.61 Å². The number of ether oxygens (including phenoxy) is 2. The molecule has 0 rings (SSSR count). The molecule has 9 heteroatoms. The van der Waals surface area contributed by atoms with E-state index in [9.17, 15) is 18.0 Å². The van der Waals surface area contributed by atoms with Gasteiger partial charge < -0.3 is 20.3 Å². The van der Waals surface area contributed by atoms with Gasteiger partial charge in [-0.1, -0.05) is 13.8 Å². The number of nitrogens with two attached hydrogens (primary N) is 1. The highest BCUT2D eigenvalue weighted by Crippen LogP contribution is 2.14. The molecule has 0 saturated carbocycles. The minimum absolute atomic E-state index is 0.173. The van der Waals surface area contributed by atoms with Gasteiger partial charge in [-0.25, -0.2) is 4.79 Å². The third-order valence-electron chi connectivity index (χ3n) is 2.63. The lowest BCUT2D eigenvalue weighted by Crippen LogP contribution is -2.22. The highest BCUT2D eigenvalue weighted by molar-refractivity contribution is 5.73. The van der Waals surface area contributed by atoms with Gasteiger partial charge in [0.2, 0.25) is 0 Å². The number of hydrogen-bond acceptors (Lipinski definition) is 5. The first-order valence-corrected chi connectivity index (χ1v) is 7.67. The number of aliphatic carboxylic acids is 1. The van der Waals surface area contributed by atoms with Crippen molar-refractivity contribution in [2.45, 2.75) is 52.8 Å². The van der Waals surface area contributed by atoms with Crippen LogP contribution in [0.2, 0.25) is 0 Å². The fraction of sp³-hybridized carbons (Fsp3) is 0.867. The van der Waals surface area contributed by atoms with Gasteiger partial charge in [0.15, 0.2) is 0 Å². The van der Waals surface area contributed by atoms with Gasteiger partial charge in [0, 0.05) is 6.42 Å². The summed E-state index contributed by atoms with van der Waals surface area (Å²) in [6.07, 6.45) is -3.53. The zero-order chi connectivity index (χ0) is 19.3. The molecule has 1 atom stereocenters. The molecule has 0 radical (unpaired) electrons. The third kappa shape index (κ3) is 17.0. The van der Waals surface area contributed by atoms with Crippen molar-refractivity contribution >= 4 is 11.9 Å². The van der Waals surface area contributed by atoms with Crippen LogP contribution in [0.25, 0.3) is 0 Å². The summed E-state index contributed by atoms with van der Waals surface area (Å²) in [7, 11) is 0. The van der Waals surface area contributed by atoms with Gasteiger partial charge in [0.05, 0.1) is 12.7 Å². The van der Waals surface area contributed by atoms with Crippen molar-refractivity contribution in [1.82, 2.24) is 0 Å². The first kappa shape index (κ1) is 24.9. The van der Waals surface area contributed by atoms with Gasteiger partial charge in [-0.2, -0.15) is 13.2 Å². The van der Waals surface area contributed by atoms with Crippen molar-refractivity contribution in [2.75, 3.05) is 19.8 Å². The largest absolute Gasteiger partial charge is 0.490 e. The minimum Gasteiger partial charge on any atom is -0.475 e. The molecule has 0 aliphatic carbocycles. The molecule has 0 aliphatic heterocycles. The first-order chi connectivity index (χ1) is 10.9. The number of carboxylic acid groups (broad SMARTS) is 1. The van der Waals surface area contributed by atoms with E-state index in [4.69, 9.17) is 25.1 Å². The third-order valence-corrected chi connectivity index (χ3v) is 2.63. The summed E-state index contributed by atoms with van der Waals surface area (Å²) < 4.78 is 42.1. The summed E-state index contributed by atoms with van der Waals surface area (Å²) in [6.45, 7) is 9.49. The fourth-order valence-corrected chi connectivity index (χ4v) is 1.66. The number of esters is 1. The Labute approximate surface area is 140 Å². The Morgan fingerprint density at radius 3 is 1.96 bits per heavy atom. The van der Waals surface area contributed by atoms with Crippen LogP contribution in [0.3, 0.4) is 0 Å². The molecule has 3 N–H and O–H groups in total. The Bertz CT molecular complexity index is 360. The normalized spacial score (nSPS) is 12.6. The zero-order valence-corrected chi connectivity index (χ0v) is 14.6. The van der Waals surface area contributed by atoms with E-state index in [1.165, 1.54) is 0 Å². The SMILES string of the molecule is CC(C)CC(CN)CC(=O)OCCOC(C)C.O=C(O)C(F)(F)F. The van der Waals surface area contributed by atoms with Gasteiger partial charge >= 0.3 is 18.1 Å². The first-order valence-electron chi connectivity index (χ1n) is 7.67. The van der Waals surface area contributed by atoms with Crippen molar-refractivity contribution in [1.29, 1.82) is 0 Å². The molecule has 0 spiro atoms. The lowest BCUT2D eigenvalue weighted by atomic mass is 9.94. The fourth-order valence-electron chi connectivity index (χ4n) is 1.66. The topological polar surface area (TPSA) is 98.9 Å². The maximum atomic E-state index is 11.5. The molecular formula is C15H28F3NO5. The van der Waals surface area contributed by atoms with Gasteiger partial charge in [-0.05, 0) is 38.6 Å². The Hall–Kier alpha value is -1.35. The summed E-state index contributed by atoms with van der Waals surface area (Å²) in [4.78, 5) is 20.4. The van der Waals surface area contributed by atoms with Crippen LogP contribution in [0.1, 0.15) is 40.5 Å². The van der Waals surface area contributed by atoms with Crippen LogP contribution in [-0.2, 0) is 19.1 Å². The summed E-state index contributed by atoms with van der Waals surface area (Å²) in [5.74, 6) is -2.14. The molecule has 0 bridgehead atoms. The van der Waals surface area contributed by atoms with Crippen molar-refractivity contribution in [2.24, 2.45) is 17.6 Å². The molecule has 0 aromatic heterocycles. The van der Waals surface area contributed by atoms with Crippen molar-refractivity contribution < 1.29 is 37.3 Å². The van der Waals surface area contributed by atoms with Crippen LogP contribution in [0.5, 0.6) is 0 Å². The van der Waals surface area contributed by atoms with Crippen LogP contribution < -0.4 is 5.73 Å². The lowest BCUT2D eigenvalue weighted by molar-refractivity contribution is -0.192. The number of alkyl halides is 3. The van der Waals surface area contributed by atoms with Crippen LogP contribution in [0.15, 0.2) is 0 Å². The minimum atomic E-state index is -5.08. The molecule has 0 aliphatic rings. The second-order valence-corrected chi connectivity index (χ2v) is 5.88.